The molecule has 0 aromatic rings. The summed E-state index contributed by atoms with van der Waals surface area (Å²) in [5.41, 5.74) is 0. The number of piperidine rings is 1. The molecule has 1 aliphatic heterocycles. The van der Waals surface area contributed by atoms with Crippen LogP contribution in [-0.4, -0.2) is 82.6 Å². The van der Waals surface area contributed by atoms with Crippen LogP contribution in [0.15, 0.2) is 0 Å². The first-order chi connectivity index (χ1) is 9.56. The van der Waals surface area contributed by atoms with Crippen molar-refractivity contribution in [3.63, 3.8) is 0 Å². The molecule has 0 aromatic carbocycles. The van der Waals surface area contributed by atoms with Crippen molar-refractivity contribution < 1.29 is 25.2 Å². The first-order valence-corrected chi connectivity index (χ1v) is 7.48. The lowest BCUT2D eigenvalue weighted by atomic mass is 9.85. The number of rotatable bonds is 4. The van der Waals surface area contributed by atoms with Crippen molar-refractivity contribution in [2.75, 3.05) is 26.8 Å². The minimum atomic E-state index is -1.17. The standard InChI is InChI=1S/C14H27NO5/c1-20-10-4-2-9(3-5-10)6-15-7-12(17)14(19)13(18)11(15)8-16/h9-14,16-19H,2-8H2,1H3. The van der Waals surface area contributed by atoms with E-state index in [-0.39, 0.29) is 6.61 Å². The van der Waals surface area contributed by atoms with Crippen LogP contribution in [0, 0.1) is 5.92 Å². The normalized spacial score (nSPS) is 43.6. The van der Waals surface area contributed by atoms with Crippen LogP contribution in [0.4, 0.5) is 0 Å². The molecule has 6 heteroatoms. The Balaban J connectivity index is 1.90. The lowest BCUT2D eigenvalue weighted by Gasteiger charge is -2.45. The first kappa shape index (κ1) is 16.1. The van der Waals surface area contributed by atoms with E-state index >= 15 is 0 Å². The van der Waals surface area contributed by atoms with Gasteiger partial charge in [0.1, 0.15) is 12.2 Å². The molecule has 6 nitrogen and oxygen atoms in total. The second-order valence-electron chi connectivity index (χ2n) is 6.13. The summed E-state index contributed by atoms with van der Waals surface area (Å²) in [6, 6.07) is -0.492. The van der Waals surface area contributed by atoms with Gasteiger partial charge in [-0.25, -0.2) is 0 Å². The molecule has 0 aromatic heterocycles. The van der Waals surface area contributed by atoms with E-state index in [9.17, 15) is 20.4 Å². The van der Waals surface area contributed by atoms with Crippen LogP contribution in [0.25, 0.3) is 0 Å². The van der Waals surface area contributed by atoms with Crippen molar-refractivity contribution in [2.45, 2.75) is 56.1 Å². The summed E-state index contributed by atoms with van der Waals surface area (Å²) in [7, 11) is 1.74. The zero-order chi connectivity index (χ0) is 14.7. The minimum absolute atomic E-state index is 0.210. The maximum Gasteiger partial charge on any atom is 0.109 e. The maximum atomic E-state index is 9.96. The third kappa shape index (κ3) is 3.50. The molecule has 0 spiro atoms. The Morgan fingerprint density at radius 1 is 1.05 bits per heavy atom. The van der Waals surface area contributed by atoms with E-state index in [0.29, 0.717) is 18.6 Å². The second kappa shape index (κ2) is 7.15. The van der Waals surface area contributed by atoms with Gasteiger partial charge in [0.2, 0.25) is 0 Å². The van der Waals surface area contributed by atoms with Crippen LogP contribution in [0.1, 0.15) is 25.7 Å². The Kier molecular flexibility index (Phi) is 5.77. The number of aliphatic hydroxyl groups is 4. The van der Waals surface area contributed by atoms with Gasteiger partial charge >= 0.3 is 0 Å². The van der Waals surface area contributed by atoms with E-state index in [1.165, 1.54) is 0 Å². The molecule has 4 unspecified atom stereocenters. The van der Waals surface area contributed by atoms with E-state index in [0.717, 1.165) is 32.2 Å². The summed E-state index contributed by atoms with van der Waals surface area (Å²) < 4.78 is 5.35. The Bertz CT molecular complexity index is 295. The molecule has 2 aliphatic rings. The third-order valence-corrected chi connectivity index (χ3v) is 4.84. The molecule has 0 radical (unpaired) electrons. The SMILES string of the molecule is COC1CCC(CN2CC(O)C(O)C(O)C2CO)CC1. The predicted molar refractivity (Wildman–Crippen MR) is 73.2 cm³/mol. The highest BCUT2D eigenvalue weighted by atomic mass is 16.5. The largest absolute Gasteiger partial charge is 0.395 e. The Morgan fingerprint density at radius 2 is 1.70 bits per heavy atom. The lowest BCUT2D eigenvalue weighted by molar-refractivity contribution is -0.148. The Morgan fingerprint density at radius 3 is 2.25 bits per heavy atom. The summed E-state index contributed by atoms with van der Waals surface area (Å²) in [5.74, 6) is 0.491. The number of likely N-dealkylation sites (tertiary alicyclic amines) is 1. The molecule has 1 aliphatic carbocycles. The van der Waals surface area contributed by atoms with Gasteiger partial charge in [-0.05, 0) is 31.6 Å². The van der Waals surface area contributed by atoms with Gasteiger partial charge in [0.05, 0.1) is 24.9 Å². The van der Waals surface area contributed by atoms with Gasteiger partial charge in [0.25, 0.3) is 0 Å². The topological polar surface area (TPSA) is 93.4 Å². The van der Waals surface area contributed by atoms with Crippen molar-refractivity contribution in [2.24, 2.45) is 5.92 Å². The highest BCUT2D eigenvalue weighted by molar-refractivity contribution is 4.95. The quantitative estimate of drug-likeness (QED) is 0.528. The lowest BCUT2D eigenvalue weighted by Crippen LogP contribution is -2.63. The fourth-order valence-corrected chi connectivity index (χ4v) is 3.47. The van der Waals surface area contributed by atoms with Crippen LogP contribution in [-0.2, 0) is 4.74 Å². The highest BCUT2D eigenvalue weighted by Crippen LogP contribution is 2.29. The maximum absolute atomic E-state index is 9.96. The molecule has 4 N–H and O–H groups in total. The van der Waals surface area contributed by atoms with Crippen molar-refractivity contribution in [3.8, 4) is 0 Å². The average molecular weight is 289 g/mol. The monoisotopic (exact) mass is 289 g/mol. The van der Waals surface area contributed by atoms with Crippen LogP contribution in [0.2, 0.25) is 0 Å². The number of hydrogen-bond acceptors (Lipinski definition) is 6. The molecular weight excluding hydrogens is 262 g/mol. The third-order valence-electron chi connectivity index (χ3n) is 4.84. The summed E-state index contributed by atoms with van der Waals surface area (Å²) in [6.45, 7) is 0.828. The second-order valence-corrected chi connectivity index (χ2v) is 6.13. The summed E-state index contributed by atoms with van der Waals surface area (Å²) in [4.78, 5) is 1.92. The molecule has 1 heterocycles. The van der Waals surface area contributed by atoms with Crippen molar-refractivity contribution in [3.05, 3.63) is 0 Å². The summed E-state index contributed by atoms with van der Waals surface area (Å²) >= 11 is 0. The van der Waals surface area contributed by atoms with Gasteiger partial charge in [-0.1, -0.05) is 0 Å². The first-order valence-electron chi connectivity index (χ1n) is 7.48. The van der Waals surface area contributed by atoms with Gasteiger partial charge in [-0.2, -0.15) is 0 Å². The fraction of sp³-hybridized carbons (Fsp3) is 1.00. The predicted octanol–water partition coefficient (Wildman–Crippen LogP) is -1.05. The number of β-amino-alcohol motifs (C(OH)–C–C–N with tert-alkyl or cyclic N) is 1. The van der Waals surface area contributed by atoms with Gasteiger partial charge in [-0.3, -0.25) is 4.90 Å². The molecule has 1 saturated heterocycles. The molecule has 4 atom stereocenters. The molecule has 2 fully saturated rings. The van der Waals surface area contributed by atoms with Crippen LogP contribution >= 0.6 is 0 Å². The Labute approximate surface area is 120 Å². The van der Waals surface area contributed by atoms with Crippen molar-refractivity contribution in [1.82, 2.24) is 4.90 Å². The van der Waals surface area contributed by atoms with Crippen molar-refractivity contribution in [1.29, 1.82) is 0 Å². The fourth-order valence-electron chi connectivity index (χ4n) is 3.47. The molecule has 20 heavy (non-hydrogen) atoms. The van der Waals surface area contributed by atoms with Crippen LogP contribution < -0.4 is 0 Å². The van der Waals surface area contributed by atoms with Crippen LogP contribution in [0.5, 0.6) is 0 Å². The van der Waals surface area contributed by atoms with E-state index in [2.05, 4.69) is 0 Å². The minimum Gasteiger partial charge on any atom is -0.395 e. The van der Waals surface area contributed by atoms with Crippen LogP contribution in [0.3, 0.4) is 0 Å². The van der Waals surface area contributed by atoms with E-state index in [4.69, 9.17) is 4.74 Å². The van der Waals surface area contributed by atoms with Gasteiger partial charge in [-0.15, -0.1) is 0 Å². The van der Waals surface area contributed by atoms with Gasteiger partial charge in [0.15, 0.2) is 0 Å². The number of hydrogen-bond donors (Lipinski definition) is 4. The van der Waals surface area contributed by atoms with E-state index in [1.807, 2.05) is 4.90 Å². The van der Waals surface area contributed by atoms with Gasteiger partial charge in [0, 0.05) is 20.2 Å². The molecule has 1 saturated carbocycles. The molecule has 0 bridgehead atoms. The highest BCUT2D eigenvalue weighted by Gasteiger charge is 2.41. The molecule has 2 rings (SSSR count). The summed E-state index contributed by atoms with van der Waals surface area (Å²) in [5, 5.41) is 38.9. The zero-order valence-corrected chi connectivity index (χ0v) is 12.1. The summed E-state index contributed by atoms with van der Waals surface area (Å²) in [6.07, 6.45) is 1.30. The smallest absolute Gasteiger partial charge is 0.109 e. The molecule has 118 valence electrons. The van der Waals surface area contributed by atoms with Gasteiger partial charge < -0.3 is 25.2 Å². The van der Waals surface area contributed by atoms with Crippen molar-refractivity contribution >= 4 is 0 Å². The number of methoxy groups -OCH3 is 1. The molecule has 0 amide bonds. The van der Waals surface area contributed by atoms with E-state index in [1.54, 1.807) is 7.11 Å². The van der Waals surface area contributed by atoms with E-state index < -0.39 is 24.4 Å². The molecular formula is C14H27NO5. The number of nitrogens with zero attached hydrogens (tertiary/aromatic N) is 1. The Hall–Kier alpha value is -0.240. The zero-order valence-electron chi connectivity index (χ0n) is 12.1. The number of ether oxygens (including phenoxy) is 1. The average Bonchev–Trinajstić information content (AvgIpc) is 2.46. The number of aliphatic hydroxyl groups excluding tert-OH is 4.